The second-order valence-corrected chi connectivity index (χ2v) is 4.07. The molecule has 0 aromatic heterocycles. The summed E-state index contributed by atoms with van der Waals surface area (Å²) in [7, 11) is 0. The molecular weight excluding hydrogens is 261 g/mol. The molecule has 2 rings (SSSR count). The van der Waals surface area contributed by atoms with Crippen LogP contribution in [0.2, 0.25) is 0 Å². The Bertz CT molecular complexity index is 394. The van der Waals surface area contributed by atoms with Gasteiger partial charge in [0.25, 0.3) is 0 Å². The van der Waals surface area contributed by atoms with E-state index in [2.05, 4.69) is 15.9 Å². The van der Waals surface area contributed by atoms with E-state index in [9.17, 15) is 18.3 Å². The predicted molar refractivity (Wildman–Crippen MR) is 47.6 cm³/mol. The lowest BCUT2D eigenvalue weighted by molar-refractivity contribution is 0.0895. The zero-order valence-corrected chi connectivity index (χ0v) is 8.48. The maximum Gasteiger partial charge on any atom is 0.165 e. The van der Waals surface area contributed by atoms with Gasteiger partial charge >= 0.3 is 0 Å². The van der Waals surface area contributed by atoms with Crippen molar-refractivity contribution in [3.63, 3.8) is 0 Å². The minimum atomic E-state index is -1.56. The highest BCUT2D eigenvalue weighted by atomic mass is 79.9. The molecule has 0 heterocycles. The zero-order chi connectivity index (χ0) is 10.5. The first-order chi connectivity index (χ1) is 6.52. The zero-order valence-electron chi connectivity index (χ0n) is 6.90. The molecular formula is C9H6BrF3O. The summed E-state index contributed by atoms with van der Waals surface area (Å²) < 4.78 is 39.4. The largest absolute Gasteiger partial charge is 0.385 e. The first kappa shape index (κ1) is 9.98. The maximum absolute atomic E-state index is 13.2. The summed E-state index contributed by atoms with van der Waals surface area (Å²) in [4.78, 5) is 0. The summed E-state index contributed by atoms with van der Waals surface area (Å²) in [5.74, 6) is -2.24. The van der Waals surface area contributed by atoms with Gasteiger partial charge < -0.3 is 5.11 Å². The van der Waals surface area contributed by atoms with Gasteiger partial charge in [-0.3, -0.25) is 0 Å². The third-order valence-electron chi connectivity index (χ3n) is 2.35. The van der Waals surface area contributed by atoms with Crippen LogP contribution in [0.1, 0.15) is 17.2 Å². The Morgan fingerprint density at radius 2 is 2.07 bits per heavy atom. The van der Waals surface area contributed by atoms with Crippen LogP contribution in [0.3, 0.4) is 0 Å². The molecule has 0 aliphatic heterocycles. The van der Waals surface area contributed by atoms with Gasteiger partial charge in [0.2, 0.25) is 0 Å². The molecule has 0 saturated heterocycles. The van der Waals surface area contributed by atoms with Gasteiger partial charge in [-0.2, -0.15) is 0 Å². The van der Waals surface area contributed by atoms with E-state index in [0.29, 0.717) is 10.0 Å². The van der Waals surface area contributed by atoms with Crippen LogP contribution in [0.4, 0.5) is 13.2 Å². The van der Waals surface area contributed by atoms with E-state index in [1.807, 2.05) is 0 Å². The van der Waals surface area contributed by atoms with Crippen molar-refractivity contribution in [3.05, 3.63) is 33.3 Å². The van der Waals surface area contributed by atoms with Crippen LogP contribution in [0.25, 0.3) is 0 Å². The lowest BCUT2D eigenvalue weighted by Gasteiger charge is -2.08. The first-order valence-corrected chi connectivity index (χ1v) is 4.80. The van der Waals surface area contributed by atoms with Crippen LogP contribution in [0.15, 0.2) is 10.5 Å². The molecule has 0 bridgehead atoms. The number of aliphatic hydroxyl groups is 1. The summed E-state index contributed by atoms with van der Waals surface area (Å²) in [6, 6.07) is 0.943. The number of alkyl halides is 1. The average Bonchev–Trinajstić information content (AvgIpc) is 2.41. The van der Waals surface area contributed by atoms with Gasteiger partial charge in [-0.1, -0.05) is 15.9 Å². The minimum Gasteiger partial charge on any atom is -0.385 e. The normalized spacial score (nSPS) is 25.2. The van der Waals surface area contributed by atoms with E-state index in [1.165, 1.54) is 0 Å². The fraction of sp³-hybridized carbons (Fsp3) is 0.333. The number of hydrogen-bond donors (Lipinski definition) is 1. The molecule has 1 aliphatic carbocycles. The second kappa shape index (κ2) is 3.24. The summed E-state index contributed by atoms with van der Waals surface area (Å²) in [5.41, 5.74) is 0.0493. The maximum atomic E-state index is 13.2. The molecule has 1 aromatic rings. The minimum absolute atomic E-state index is 0.0890. The molecule has 14 heavy (non-hydrogen) atoms. The van der Waals surface area contributed by atoms with Crippen LogP contribution in [0.5, 0.6) is 0 Å². The smallest absolute Gasteiger partial charge is 0.165 e. The third-order valence-corrected chi connectivity index (χ3v) is 3.06. The summed E-state index contributed by atoms with van der Waals surface area (Å²) in [6.07, 6.45) is -3.21. The molecule has 5 heteroatoms. The fourth-order valence-corrected chi connectivity index (χ4v) is 2.23. The van der Waals surface area contributed by atoms with Crippen LogP contribution >= 0.6 is 15.9 Å². The van der Waals surface area contributed by atoms with E-state index in [-0.39, 0.29) is 12.0 Å². The fourth-order valence-electron chi connectivity index (χ4n) is 1.65. The van der Waals surface area contributed by atoms with E-state index in [0.717, 1.165) is 6.07 Å². The highest BCUT2D eigenvalue weighted by Crippen LogP contribution is 2.39. The van der Waals surface area contributed by atoms with Crippen molar-refractivity contribution >= 4 is 15.9 Å². The predicted octanol–water partition coefficient (Wildman–Crippen LogP) is 2.65. The Morgan fingerprint density at radius 3 is 2.71 bits per heavy atom. The quantitative estimate of drug-likeness (QED) is 0.716. The molecule has 0 saturated carbocycles. The molecule has 2 atom stereocenters. The number of hydrogen-bond acceptors (Lipinski definition) is 1. The van der Waals surface area contributed by atoms with Gasteiger partial charge in [-0.05, 0) is 11.6 Å². The van der Waals surface area contributed by atoms with E-state index in [4.69, 9.17) is 0 Å². The summed E-state index contributed by atoms with van der Waals surface area (Å²) in [5, 5.41) is 9.28. The number of rotatable bonds is 0. The summed E-state index contributed by atoms with van der Waals surface area (Å²) >= 11 is 3.00. The molecule has 0 amide bonds. The van der Waals surface area contributed by atoms with Crippen molar-refractivity contribution in [2.75, 3.05) is 0 Å². The van der Waals surface area contributed by atoms with Gasteiger partial charge in [0.1, 0.15) is 12.3 Å². The average molecular weight is 267 g/mol. The molecule has 0 fully saturated rings. The van der Waals surface area contributed by atoms with Crippen LogP contribution in [0, 0.1) is 11.6 Å². The monoisotopic (exact) mass is 266 g/mol. The molecule has 76 valence electrons. The van der Waals surface area contributed by atoms with Crippen LogP contribution in [-0.4, -0.2) is 11.3 Å². The highest BCUT2D eigenvalue weighted by molar-refractivity contribution is 9.10. The van der Waals surface area contributed by atoms with Crippen molar-refractivity contribution < 1.29 is 18.3 Å². The standard InChI is InChI=1S/C9H6BrF3O/c10-4-2-5(11)8(13)7-3(4)1-6(12)9(7)14/h2,6,9,14H,1H2/t6-,9-/m1/s1. The van der Waals surface area contributed by atoms with Crippen molar-refractivity contribution in [2.24, 2.45) is 0 Å². The molecule has 1 N–H and O–H groups in total. The van der Waals surface area contributed by atoms with Crippen molar-refractivity contribution in [3.8, 4) is 0 Å². The lowest BCUT2D eigenvalue weighted by Crippen LogP contribution is -2.07. The number of halogens is 4. The van der Waals surface area contributed by atoms with Gasteiger partial charge in [0, 0.05) is 16.5 Å². The number of benzene rings is 1. The molecule has 0 radical (unpaired) electrons. The summed E-state index contributed by atoms with van der Waals surface area (Å²) in [6.45, 7) is 0. The molecule has 0 spiro atoms. The Labute approximate surface area is 86.7 Å². The molecule has 1 aromatic carbocycles. The Morgan fingerprint density at radius 1 is 1.43 bits per heavy atom. The Hall–Kier alpha value is -0.550. The molecule has 1 nitrogen and oxygen atoms in total. The number of fused-ring (bicyclic) bond motifs is 1. The van der Waals surface area contributed by atoms with Gasteiger partial charge in [0.15, 0.2) is 11.6 Å². The van der Waals surface area contributed by atoms with Crippen molar-refractivity contribution in [1.29, 1.82) is 0 Å². The Balaban J connectivity index is 2.67. The highest BCUT2D eigenvalue weighted by Gasteiger charge is 2.36. The lowest BCUT2D eigenvalue weighted by atomic mass is 10.1. The second-order valence-electron chi connectivity index (χ2n) is 3.21. The van der Waals surface area contributed by atoms with Crippen molar-refractivity contribution in [1.82, 2.24) is 0 Å². The van der Waals surface area contributed by atoms with E-state index < -0.39 is 23.9 Å². The number of aliphatic hydroxyl groups excluding tert-OH is 1. The third kappa shape index (κ3) is 1.26. The van der Waals surface area contributed by atoms with E-state index in [1.54, 1.807) is 0 Å². The molecule has 1 aliphatic rings. The van der Waals surface area contributed by atoms with Crippen molar-refractivity contribution in [2.45, 2.75) is 18.7 Å². The van der Waals surface area contributed by atoms with Gasteiger partial charge in [-0.25, -0.2) is 13.2 Å². The van der Waals surface area contributed by atoms with Crippen LogP contribution in [-0.2, 0) is 6.42 Å². The molecule has 0 unspecified atom stereocenters. The van der Waals surface area contributed by atoms with Crippen LogP contribution < -0.4 is 0 Å². The SMILES string of the molecule is O[C@H]1c2c(F)c(F)cc(Br)c2C[C@H]1F. The topological polar surface area (TPSA) is 20.2 Å². The van der Waals surface area contributed by atoms with Gasteiger partial charge in [-0.15, -0.1) is 0 Å². The first-order valence-electron chi connectivity index (χ1n) is 4.00. The van der Waals surface area contributed by atoms with Gasteiger partial charge in [0.05, 0.1) is 0 Å². The Kier molecular flexibility index (Phi) is 2.31. The van der Waals surface area contributed by atoms with E-state index >= 15 is 0 Å².